The number of unbranched alkanes of at least 4 members (excludes halogenated alkanes) is 4. The number of methoxy groups -OCH3 is 1. The first-order chi connectivity index (χ1) is 11.1. The highest BCUT2D eigenvalue weighted by atomic mass is 16.5. The van der Waals surface area contributed by atoms with Crippen molar-refractivity contribution >= 4 is 11.8 Å². The summed E-state index contributed by atoms with van der Waals surface area (Å²) in [6, 6.07) is 0. The number of ketones is 1. The summed E-state index contributed by atoms with van der Waals surface area (Å²) < 4.78 is 5.21. The van der Waals surface area contributed by atoms with Gasteiger partial charge in [-0.05, 0) is 25.3 Å². The number of carboxylic acid groups (broad SMARTS) is 1. The number of rotatable bonds is 14. The summed E-state index contributed by atoms with van der Waals surface area (Å²) in [6.45, 7) is 2.06. The first kappa shape index (κ1) is 21.3. The maximum Gasteiger partial charge on any atom is 0.303 e. The molecule has 0 bridgehead atoms. The first-order valence-corrected chi connectivity index (χ1v) is 8.39. The van der Waals surface area contributed by atoms with Crippen molar-refractivity contribution in [2.75, 3.05) is 7.11 Å². The summed E-state index contributed by atoms with van der Waals surface area (Å²) in [6.07, 6.45) is 17.3. The Hall–Kier alpha value is -1.68. The lowest BCUT2D eigenvalue weighted by Gasteiger charge is -2.04. The second-order valence-corrected chi connectivity index (χ2v) is 5.44. The minimum atomic E-state index is -0.736. The van der Waals surface area contributed by atoms with E-state index in [4.69, 9.17) is 9.84 Å². The van der Waals surface area contributed by atoms with Crippen LogP contribution in [-0.4, -0.2) is 30.1 Å². The van der Waals surface area contributed by atoms with E-state index in [1.807, 2.05) is 24.3 Å². The van der Waals surface area contributed by atoms with Gasteiger partial charge in [-0.2, -0.15) is 0 Å². The van der Waals surface area contributed by atoms with E-state index >= 15 is 0 Å². The Labute approximate surface area is 139 Å². The summed E-state index contributed by atoms with van der Waals surface area (Å²) in [7, 11) is 1.69. The van der Waals surface area contributed by atoms with E-state index in [-0.39, 0.29) is 18.3 Å². The molecule has 0 fully saturated rings. The molecule has 0 rings (SSSR count). The van der Waals surface area contributed by atoms with Gasteiger partial charge in [0.25, 0.3) is 0 Å². The minimum absolute atomic E-state index is 0.132. The lowest BCUT2D eigenvalue weighted by molar-refractivity contribution is -0.137. The molecule has 0 amide bonds. The molecule has 0 aromatic heterocycles. The number of hydrogen-bond donors (Lipinski definition) is 1. The fourth-order valence-corrected chi connectivity index (χ4v) is 2.05. The Bertz CT molecular complexity index is 404. The zero-order chi connectivity index (χ0) is 17.3. The molecule has 1 unspecified atom stereocenters. The van der Waals surface area contributed by atoms with Gasteiger partial charge in [-0.25, -0.2) is 0 Å². The summed E-state index contributed by atoms with van der Waals surface area (Å²) in [5.41, 5.74) is 0. The third kappa shape index (κ3) is 15.0. The summed E-state index contributed by atoms with van der Waals surface area (Å²) in [4.78, 5) is 22.0. The van der Waals surface area contributed by atoms with Crippen LogP contribution in [0.15, 0.2) is 36.5 Å². The Morgan fingerprint density at radius 3 is 2.17 bits per heavy atom. The smallest absolute Gasteiger partial charge is 0.303 e. The molecule has 0 spiro atoms. The highest BCUT2D eigenvalue weighted by Crippen LogP contribution is 2.07. The summed E-state index contributed by atoms with van der Waals surface area (Å²) in [5.74, 6) is -0.604. The van der Waals surface area contributed by atoms with Crippen LogP contribution in [0.2, 0.25) is 0 Å². The third-order valence-corrected chi connectivity index (χ3v) is 3.46. The van der Waals surface area contributed by atoms with E-state index in [0.717, 1.165) is 38.5 Å². The van der Waals surface area contributed by atoms with Crippen molar-refractivity contribution in [3.63, 3.8) is 0 Å². The van der Waals surface area contributed by atoms with Crippen LogP contribution in [0.1, 0.15) is 58.3 Å². The molecule has 0 radical (unpaired) electrons. The van der Waals surface area contributed by atoms with E-state index < -0.39 is 5.97 Å². The monoisotopic (exact) mass is 322 g/mol. The number of carboxylic acids is 1. The second kappa shape index (κ2) is 15.2. The Morgan fingerprint density at radius 2 is 1.57 bits per heavy atom. The van der Waals surface area contributed by atoms with E-state index in [1.165, 1.54) is 0 Å². The molecule has 1 N–H and O–H groups in total. The molecule has 0 heterocycles. The number of aliphatic carboxylic acids is 1. The van der Waals surface area contributed by atoms with Crippen LogP contribution in [0, 0.1) is 0 Å². The number of carbonyl (C=O) groups excluding carboxylic acids is 1. The molecule has 0 saturated heterocycles. The molecule has 0 aliphatic rings. The maximum atomic E-state index is 11.6. The predicted molar refractivity (Wildman–Crippen MR) is 93.5 cm³/mol. The predicted octanol–water partition coefficient (Wildman–Crippen LogP) is 4.46. The molecule has 0 aliphatic carbocycles. The molecule has 0 aliphatic heterocycles. The molecule has 0 aromatic carbocycles. The van der Waals surface area contributed by atoms with Gasteiger partial charge >= 0.3 is 5.97 Å². The lowest BCUT2D eigenvalue weighted by atomic mass is 10.1. The minimum Gasteiger partial charge on any atom is -0.481 e. The van der Waals surface area contributed by atoms with Gasteiger partial charge in [0.2, 0.25) is 0 Å². The Morgan fingerprint density at radius 1 is 0.957 bits per heavy atom. The quantitative estimate of drug-likeness (QED) is 0.291. The molecule has 1 atom stereocenters. The van der Waals surface area contributed by atoms with Gasteiger partial charge in [-0.15, -0.1) is 0 Å². The van der Waals surface area contributed by atoms with Crippen molar-refractivity contribution in [2.24, 2.45) is 0 Å². The number of allylic oxidation sites excluding steroid dienone is 5. The first-order valence-electron chi connectivity index (χ1n) is 8.39. The van der Waals surface area contributed by atoms with Crippen LogP contribution >= 0.6 is 0 Å². The second-order valence-electron chi connectivity index (χ2n) is 5.44. The van der Waals surface area contributed by atoms with Gasteiger partial charge in [0.05, 0.1) is 6.10 Å². The molecular weight excluding hydrogens is 292 g/mol. The van der Waals surface area contributed by atoms with Gasteiger partial charge in [-0.1, -0.05) is 56.6 Å². The van der Waals surface area contributed by atoms with Crippen LogP contribution in [0.4, 0.5) is 0 Å². The van der Waals surface area contributed by atoms with E-state index in [1.54, 1.807) is 19.3 Å². The van der Waals surface area contributed by atoms with E-state index in [0.29, 0.717) is 6.42 Å². The molecule has 0 aromatic rings. The molecule has 4 heteroatoms. The van der Waals surface area contributed by atoms with Crippen molar-refractivity contribution in [2.45, 2.75) is 64.4 Å². The molecule has 23 heavy (non-hydrogen) atoms. The van der Waals surface area contributed by atoms with Gasteiger partial charge in [-0.3, -0.25) is 9.59 Å². The zero-order valence-corrected chi connectivity index (χ0v) is 14.4. The van der Waals surface area contributed by atoms with E-state index in [9.17, 15) is 9.59 Å². The van der Waals surface area contributed by atoms with Crippen molar-refractivity contribution in [3.05, 3.63) is 36.5 Å². The van der Waals surface area contributed by atoms with Crippen molar-refractivity contribution < 1.29 is 19.4 Å². The number of ether oxygens (including phenoxy) is 1. The van der Waals surface area contributed by atoms with Crippen molar-refractivity contribution in [1.82, 2.24) is 0 Å². The Kier molecular flexibility index (Phi) is 14.1. The Balaban J connectivity index is 3.67. The van der Waals surface area contributed by atoms with E-state index in [2.05, 4.69) is 6.92 Å². The maximum absolute atomic E-state index is 11.6. The summed E-state index contributed by atoms with van der Waals surface area (Å²) in [5, 5.41) is 8.51. The largest absolute Gasteiger partial charge is 0.481 e. The zero-order valence-electron chi connectivity index (χ0n) is 14.4. The average Bonchev–Trinajstić information content (AvgIpc) is 2.53. The molecule has 4 nitrogen and oxygen atoms in total. The number of carbonyl (C=O) groups is 2. The van der Waals surface area contributed by atoms with Crippen LogP contribution in [-0.2, 0) is 14.3 Å². The average molecular weight is 322 g/mol. The van der Waals surface area contributed by atoms with Gasteiger partial charge < -0.3 is 9.84 Å². The molecule has 0 saturated carbocycles. The highest BCUT2D eigenvalue weighted by molar-refractivity contribution is 5.89. The topological polar surface area (TPSA) is 63.6 Å². The van der Waals surface area contributed by atoms with Crippen LogP contribution < -0.4 is 0 Å². The van der Waals surface area contributed by atoms with Gasteiger partial charge in [0.15, 0.2) is 5.78 Å². The molecular formula is C19H30O4. The SMILES string of the molecule is CCC(C=CC=CC=CC(=O)CCCCCCCC(=O)O)OC. The van der Waals surface area contributed by atoms with Gasteiger partial charge in [0, 0.05) is 20.0 Å². The van der Waals surface area contributed by atoms with Crippen molar-refractivity contribution in [1.29, 1.82) is 0 Å². The normalized spacial score (nSPS) is 13.3. The number of hydrogen-bond acceptors (Lipinski definition) is 3. The molecule has 130 valence electrons. The highest BCUT2D eigenvalue weighted by Gasteiger charge is 1.98. The summed E-state index contributed by atoms with van der Waals surface area (Å²) >= 11 is 0. The van der Waals surface area contributed by atoms with Gasteiger partial charge in [0.1, 0.15) is 0 Å². The van der Waals surface area contributed by atoms with Crippen molar-refractivity contribution in [3.8, 4) is 0 Å². The fraction of sp³-hybridized carbons (Fsp3) is 0.579. The van der Waals surface area contributed by atoms with Crippen LogP contribution in [0.5, 0.6) is 0 Å². The third-order valence-electron chi connectivity index (χ3n) is 3.46. The fourth-order valence-electron chi connectivity index (χ4n) is 2.05. The lowest BCUT2D eigenvalue weighted by Crippen LogP contribution is -2.03. The van der Waals surface area contributed by atoms with Crippen LogP contribution in [0.3, 0.4) is 0 Å². The standard InChI is InChI=1S/C19H30O4/c1-3-18(23-2)15-11-8-7-10-14-17(20)13-9-5-4-6-12-16-19(21)22/h7-8,10-11,14-15,18H,3-6,9,12-13,16H2,1-2H3,(H,21,22). The van der Waals surface area contributed by atoms with Crippen LogP contribution in [0.25, 0.3) is 0 Å².